The Bertz CT molecular complexity index is 1240. The second kappa shape index (κ2) is 7.10. The third-order valence-corrected chi connectivity index (χ3v) is 7.73. The first kappa shape index (κ1) is 21.4. The van der Waals surface area contributed by atoms with Crippen LogP contribution in [0.3, 0.4) is 0 Å². The normalized spacial score (nSPS) is 20.5. The van der Waals surface area contributed by atoms with Crippen molar-refractivity contribution in [2.24, 2.45) is 16.5 Å². The second-order valence-electron chi connectivity index (χ2n) is 7.98. The van der Waals surface area contributed by atoms with Crippen LogP contribution in [0.5, 0.6) is 0 Å². The van der Waals surface area contributed by atoms with Gasteiger partial charge >= 0.3 is 0 Å². The number of halogens is 2. The van der Waals surface area contributed by atoms with Crippen molar-refractivity contribution in [2.45, 2.75) is 43.7 Å². The summed E-state index contributed by atoms with van der Waals surface area (Å²) in [7, 11) is -4.34. The van der Waals surface area contributed by atoms with E-state index in [9.17, 15) is 22.0 Å². The summed E-state index contributed by atoms with van der Waals surface area (Å²) in [6, 6.07) is 6.70. The fourth-order valence-corrected chi connectivity index (χ4v) is 6.02. The molecule has 1 amide bonds. The van der Waals surface area contributed by atoms with Crippen molar-refractivity contribution in [3.63, 3.8) is 0 Å². The van der Waals surface area contributed by atoms with Gasteiger partial charge in [-0.05, 0) is 53.8 Å². The Hall–Kier alpha value is -2.85. The fraction of sp³-hybridized carbons (Fsp3) is 0.333. The van der Waals surface area contributed by atoms with Gasteiger partial charge in [0.25, 0.3) is 5.92 Å². The minimum atomic E-state index is -4.34. The van der Waals surface area contributed by atoms with Gasteiger partial charge in [-0.1, -0.05) is 18.2 Å². The van der Waals surface area contributed by atoms with Crippen molar-refractivity contribution < 1.29 is 22.0 Å². The first-order valence-electron chi connectivity index (χ1n) is 9.65. The van der Waals surface area contributed by atoms with Crippen LogP contribution in [0.1, 0.15) is 28.7 Å². The summed E-state index contributed by atoms with van der Waals surface area (Å²) in [6.45, 7) is 3.12. The van der Waals surface area contributed by atoms with E-state index in [4.69, 9.17) is 11.5 Å². The molecule has 31 heavy (non-hydrogen) atoms. The molecule has 2 aromatic carbocycles. The van der Waals surface area contributed by atoms with Crippen LogP contribution in [0.2, 0.25) is 0 Å². The minimum Gasteiger partial charge on any atom is -0.383 e. The Morgan fingerprint density at radius 3 is 2.52 bits per heavy atom. The topological polar surface area (TPSA) is 119 Å². The molecule has 7 nitrogen and oxygen atoms in total. The lowest BCUT2D eigenvalue weighted by molar-refractivity contribution is -0.121. The van der Waals surface area contributed by atoms with Gasteiger partial charge in [0.05, 0.1) is 18.0 Å². The highest BCUT2D eigenvalue weighted by Crippen LogP contribution is 2.37. The van der Waals surface area contributed by atoms with Crippen molar-refractivity contribution in [1.82, 2.24) is 4.31 Å². The van der Waals surface area contributed by atoms with Crippen LogP contribution in [-0.4, -0.2) is 43.0 Å². The number of amides is 1. The molecule has 2 aliphatic heterocycles. The summed E-state index contributed by atoms with van der Waals surface area (Å²) in [5.41, 5.74) is 16.4. The van der Waals surface area contributed by atoms with Gasteiger partial charge in [0.2, 0.25) is 15.9 Å². The van der Waals surface area contributed by atoms with Crippen molar-refractivity contribution in [3.05, 3.63) is 52.6 Å². The first-order valence-corrected chi connectivity index (χ1v) is 11.1. The van der Waals surface area contributed by atoms with Crippen LogP contribution in [0, 0.1) is 13.8 Å². The molecule has 0 unspecified atom stereocenters. The molecule has 4 N–H and O–H groups in total. The third kappa shape index (κ3) is 3.49. The third-order valence-electron chi connectivity index (χ3n) is 5.88. The number of rotatable bonds is 4. The predicted molar refractivity (Wildman–Crippen MR) is 112 cm³/mol. The number of benzene rings is 2. The number of amidine groups is 1. The summed E-state index contributed by atoms with van der Waals surface area (Å²) in [5.74, 6) is -3.94. The SMILES string of the molecule is Cc1cc(S(=O)(=O)N2CC(F)(F)C[C@H]2C(N)=O)ccc1-c1ccc2c(c1C)C(N)=NC2. The fourth-order valence-electron chi connectivity index (χ4n) is 4.31. The molecule has 4 rings (SSSR count). The molecule has 1 saturated heterocycles. The molecule has 2 aliphatic rings. The molecule has 0 aromatic heterocycles. The molecule has 1 fully saturated rings. The van der Waals surface area contributed by atoms with Crippen LogP contribution in [-0.2, 0) is 21.4 Å². The predicted octanol–water partition coefficient (Wildman–Crippen LogP) is 2.07. The highest BCUT2D eigenvalue weighted by molar-refractivity contribution is 7.89. The Balaban J connectivity index is 1.74. The van der Waals surface area contributed by atoms with Crippen LogP contribution in [0.4, 0.5) is 8.78 Å². The minimum absolute atomic E-state index is 0.169. The first-order chi connectivity index (χ1) is 14.4. The average Bonchev–Trinajstić information content (AvgIpc) is 3.23. The molecule has 2 heterocycles. The summed E-state index contributed by atoms with van der Waals surface area (Å²) >= 11 is 0. The zero-order valence-electron chi connectivity index (χ0n) is 17.0. The molecule has 2 aromatic rings. The zero-order chi connectivity index (χ0) is 22.7. The van der Waals surface area contributed by atoms with Crippen LogP contribution < -0.4 is 11.5 Å². The summed E-state index contributed by atoms with van der Waals surface area (Å²) in [4.78, 5) is 15.7. The van der Waals surface area contributed by atoms with Crippen LogP contribution in [0.25, 0.3) is 11.1 Å². The number of carbonyl (C=O) groups is 1. The highest BCUT2D eigenvalue weighted by atomic mass is 32.2. The number of sulfonamides is 1. The average molecular weight is 448 g/mol. The van der Waals surface area contributed by atoms with Gasteiger partial charge in [-0.3, -0.25) is 9.79 Å². The molecule has 0 bridgehead atoms. The lowest BCUT2D eigenvalue weighted by Crippen LogP contribution is -2.43. The quantitative estimate of drug-likeness (QED) is 0.744. The van der Waals surface area contributed by atoms with E-state index in [1.165, 1.54) is 12.1 Å². The lowest BCUT2D eigenvalue weighted by Gasteiger charge is -2.22. The molecule has 164 valence electrons. The van der Waals surface area contributed by atoms with E-state index < -0.39 is 40.9 Å². The van der Waals surface area contributed by atoms with Gasteiger partial charge in [-0.25, -0.2) is 17.2 Å². The van der Waals surface area contributed by atoms with Gasteiger partial charge in [0.15, 0.2) is 0 Å². The highest BCUT2D eigenvalue weighted by Gasteiger charge is 2.52. The Kier molecular flexibility index (Phi) is 4.90. The largest absolute Gasteiger partial charge is 0.383 e. The van der Waals surface area contributed by atoms with E-state index in [1.807, 2.05) is 19.1 Å². The van der Waals surface area contributed by atoms with Crippen molar-refractivity contribution in [2.75, 3.05) is 6.54 Å². The van der Waals surface area contributed by atoms with Gasteiger partial charge < -0.3 is 11.5 Å². The van der Waals surface area contributed by atoms with E-state index >= 15 is 0 Å². The molecule has 0 saturated carbocycles. The maximum atomic E-state index is 13.9. The van der Waals surface area contributed by atoms with E-state index in [0.717, 1.165) is 27.8 Å². The number of carbonyl (C=O) groups excluding carboxylic acids is 1. The Morgan fingerprint density at radius 2 is 1.87 bits per heavy atom. The molecule has 0 spiro atoms. The number of nitrogens with two attached hydrogens (primary N) is 2. The van der Waals surface area contributed by atoms with Gasteiger partial charge in [-0.2, -0.15) is 4.31 Å². The van der Waals surface area contributed by atoms with E-state index in [2.05, 4.69) is 4.99 Å². The molecule has 0 aliphatic carbocycles. The molecule has 0 radical (unpaired) electrons. The summed E-state index contributed by atoms with van der Waals surface area (Å²) < 4.78 is 54.3. The summed E-state index contributed by atoms with van der Waals surface area (Å²) in [5, 5.41) is 0. The zero-order valence-corrected chi connectivity index (χ0v) is 17.8. The number of aryl methyl sites for hydroxylation is 1. The Labute approximate surface area is 178 Å². The molecular weight excluding hydrogens is 426 g/mol. The smallest absolute Gasteiger partial charge is 0.263 e. The molecule has 10 heteroatoms. The number of aliphatic imine (C=N–C) groups is 1. The number of primary amides is 1. The Morgan fingerprint density at radius 1 is 1.19 bits per heavy atom. The lowest BCUT2D eigenvalue weighted by atomic mass is 9.91. The maximum absolute atomic E-state index is 13.9. The van der Waals surface area contributed by atoms with Crippen molar-refractivity contribution in [3.8, 4) is 11.1 Å². The van der Waals surface area contributed by atoms with Crippen LogP contribution >= 0.6 is 0 Å². The summed E-state index contributed by atoms with van der Waals surface area (Å²) in [6.07, 6.45) is -0.921. The second-order valence-corrected chi connectivity index (χ2v) is 9.87. The number of hydrogen-bond acceptors (Lipinski definition) is 5. The van der Waals surface area contributed by atoms with E-state index in [-0.39, 0.29) is 4.90 Å². The standard InChI is InChI=1S/C21H22F2N4O3S/c1-11-7-14(31(29,30)27-10-21(22,23)8-17(27)20(25)28)4-6-15(11)16-5-3-13-9-26-19(24)18(13)12(16)2/h3-7,17H,8-10H2,1-2H3,(H2,24,26)(H2,25,28)/t17-/m0/s1. The van der Waals surface area contributed by atoms with Crippen molar-refractivity contribution in [1.29, 1.82) is 0 Å². The monoisotopic (exact) mass is 448 g/mol. The van der Waals surface area contributed by atoms with Gasteiger partial charge in [0, 0.05) is 12.0 Å². The van der Waals surface area contributed by atoms with Crippen molar-refractivity contribution >= 4 is 21.8 Å². The number of alkyl halides is 2. The van der Waals surface area contributed by atoms with Gasteiger partial charge in [0.1, 0.15) is 11.9 Å². The number of hydrogen-bond donors (Lipinski definition) is 2. The van der Waals surface area contributed by atoms with Gasteiger partial charge in [-0.15, -0.1) is 0 Å². The van der Waals surface area contributed by atoms with E-state index in [0.29, 0.717) is 22.2 Å². The maximum Gasteiger partial charge on any atom is 0.263 e. The molecule has 1 atom stereocenters. The number of fused-ring (bicyclic) bond motifs is 1. The van der Waals surface area contributed by atoms with E-state index in [1.54, 1.807) is 13.0 Å². The number of nitrogens with zero attached hydrogens (tertiary/aromatic N) is 2. The van der Waals surface area contributed by atoms with Crippen LogP contribution in [0.15, 0.2) is 40.2 Å². The molecular formula is C21H22F2N4O3S.